The Balaban J connectivity index is 2.07. The van der Waals surface area contributed by atoms with E-state index in [1.54, 1.807) is 0 Å². The highest BCUT2D eigenvalue weighted by Gasteiger charge is 2.19. The molecular formula is C13H26N2O2. The Morgan fingerprint density at radius 1 is 1.41 bits per heavy atom. The zero-order chi connectivity index (χ0) is 12.5. The van der Waals surface area contributed by atoms with Crippen molar-refractivity contribution in [2.75, 3.05) is 39.8 Å². The van der Waals surface area contributed by atoms with E-state index in [1.165, 1.54) is 26.4 Å². The quantitative estimate of drug-likeness (QED) is 0.539. The molecule has 0 atom stereocenters. The number of nitrogens with one attached hydrogen (secondary N) is 1. The lowest BCUT2D eigenvalue weighted by Gasteiger charge is -2.31. The van der Waals surface area contributed by atoms with Gasteiger partial charge < -0.3 is 15.0 Å². The topological polar surface area (TPSA) is 41.6 Å². The van der Waals surface area contributed by atoms with Gasteiger partial charge in [-0.15, -0.1) is 0 Å². The number of likely N-dealkylation sites (tertiary alicyclic amines) is 1. The number of carbonyl (C=O) groups excluding carboxylic acids is 1. The summed E-state index contributed by atoms with van der Waals surface area (Å²) in [7, 11) is 1.45. The molecule has 1 heterocycles. The van der Waals surface area contributed by atoms with Gasteiger partial charge in [-0.3, -0.25) is 4.79 Å². The van der Waals surface area contributed by atoms with E-state index in [0.717, 1.165) is 38.6 Å². The Morgan fingerprint density at radius 3 is 2.71 bits per heavy atom. The van der Waals surface area contributed by atoms with Gasteiger partial charge in [0, 0.05) is 6.54 Å². The van der Waals surface area contributed by atoms with Gasteiger partial charge in [0.05, 0.1) is 13.5 Å². The Labute approximate surface area is 105 Å². The minimum Gasteiger partial charge on any atom is -0.469 e. The fourth-order valence-electron chi connectivity index (χ4n) is 2.25. The lowest BCUT2D eigenvalue weighted by atomic mass is 9.96. The number of rotatable bonds is 7. The van der Waals surface area contributed by atoms with E-state index in [2.05, 4.69) is 21.9 Å². The molecule has 1 rings (SSSR count). The van der Waals surface area contributed by atoms with Crippen LogP contribution in [0.15, 0.2) is 0 Å². The van der Waals surface area contributed by atoms with Crippen LogP contribution < -0.4 is 5.32 Å². The van der Waals surface area contributed by atoms with Crippen molar-refractivity contribution in [2.24, 2.45) is 5.92 Å². The predicted octanol–water partition coefficient (Wildman–Crippen LogP) is 1.26. The summed E-state index contributed by atoms with van der Waals surface area (Å²) in [6.45, 7) is 7.57. The Morgan fingerprint density at radius 2 is 2.12 bits per heavy atom. The third-order valence-electron chi connectivity index (χ3n) is 3.43. The Hall–Kier alpha value is -0.610. The number of hydrogen-bond acceptors (Lipinski definition) is 4. The highest BCUT2D eigenvalue weighted by molar-refractivity contribution is 5.69. The van der Waals surface area contributed by atoms with Crippen LogP contribution in [0, 0.1) is 5.92 Å². The molecule has 0 aromatic rings. The second-order valence-electron chi connectivity index (χ2n) is 4.82. The molecule has 0 unspecified atom stereocenters. The molecule has 0 amide bonds. The molecule has 0 saturated carbocycles. The number of ether oxygens (including phenoxy) is 1. The van der Waals surface area contributed by atoms with Gasteiger partial charge in [-0.05, 0) is 51.4 Å². The second kappa shape index (κ2) is 8.48. The van der Waals surface area contributed by atoms with Crippen LogP contribution in [0.2, 0.25) is 0 Å². The monoisotopic (exact) mass is 242 g/mol. The molecular weight excluding hydrogens is 216 g/mol. The summed E-state index contributed by atoms with van der Waals surface area (Å²) in [5.74, 6) is 0.715. The minimum atomic E-state index is -0.100. The van der Waals surface area contributed by atoms with Crippen LogP contribution >= 0.6 is 0 Å². The van der Waals surface area contributed by atoms with Crippen LogP contribution in [0.4, 0.5) is 0 Å². The third-order valence-corrected chi connectivity index (χ3v) is 3.43. The molecule has 0 aromatic carbocycles. The molecule has 17 heavy (non-hydrogen) atoms. The van der Waals surface area contributed by atoms with Gasteiger partial charge in [0.1, 0.15) is 0 Å². The zero-order valence-corrected chi connectivity index (χ0v) is 11.2. The van der Waals surface area contributed by atoms with E-state index >= 15 is 0 Å². The first-order valence-electron chi connectivity index (χ1n) is 6.76. The van der Waals surface area contributed by atoms with Crippen LogP contribution in [0.3, 0.4) is 0 Å². The Bertz CT molecular complexity index is 213. The fourth-order valence-corrected chi connectivity index (χ4v) is 2.25. The third kappa shape index (κ3) is 6.03. The maximum atomic E-state index is 11.0. The van der Waals surface area contributed by atoms with Crippen LogP contribution in [0.1, 0.15) is 32.6 Å². The van der Waals surface area contributed by atoms with Crippen molar-refractivity contribution in [3.05, 3.63) is 0 Å². The summed E-state index contributed by atoms with van der Waals surface area (Å²) in [5, 5.41) is 3.49. The maximum Gasteiger partial charge on any atom is 0.306 e. The summed E-state index contributed by atoms with van der Waals surface area (Å²) < 4.78 is 4.65. The van der Waals surface area contributed by atoms with Gasteiger partial charge in [0.2, 0.25) is 0 Å². The van der Waals surface area contributed by atoms with Gasteiger partial charge in [0.15, 0.2) is 0 Å². The second-order valence-corrected chi connectivity index (χ2v) is 4.82. The van der Waals surface area contributed by atoms with Crippen molar-refractivity contribution in [1.29, 1.82) is 0 Å². The van der Waals surface area contributed by atoms with E-state index in [9.17, 15) is 4.79 Å². The summed E-state index contributed by atoms with van der Waals surface area (Å²) in [4.78, 5) is 13.4. The molecule has 100 valence electrons. The van der Waals surface area contributed by atoms with Gasteiger partial charge >= 0.3 is 5.97 Å². The number of methoxy groups -OCH3 is 1. The number of hydrogen-bond donors (Lipinski definition) is 1. The number of carbonyl (C=O) groups is 1. The van der Waals surface area contributed by atoms with E-state index < -0.39 is 0 Å². The summed E-state index contributed by atoms with van der Waals surface area (Å²) in [6, 6.07) is 0. The molecule has 1 N–H and O–H groups in total. The standard InChI is InChI=1S/C13H26N2O2/c1-3-7-14-11-12-4-8-15(9-5-12)10-6-13(16)17-2/h12,14H,3-11H2,1-2H3. The molecule has 1 aliphatic rings. The van der Waals surface area contributed by atoms with Crippen LogP contribution in [0.25, 0.3) is 0 Å². The van der Waals surface area contributed by atoms with Gasteiger partial charge in [0.25, 0.3) is 0 Å². The molecule has 1 saturated heterocycles. The first-order valence-corrected chi connectivity index (χ1v) is 6.76. The van der Waals surface area contributed by atoms with E-state index in [4.69, 9.17) is 0 Å². The summed E-state index contributed by atoms with van der Waals surface area (Å²) >= 11 is 0. The van der Waals surface area contributed by atoms with Crippen LogP contribution in [0.5, 0.6) is 0 Å². The fraction of sp³-hybridized carbons (Fsp3) is 0.923. The van der Waals surface area contributed by atoms with Gasteiger partial charge in [-0.25, -0.2) is 0 Å². The maximum absolute atomic E-state index is 11.0. The van der Waals surface area contributed by atoms with Crippen molar-refractivity contribution >= 4 is 5.97 Å². The van der Waals surface area contributed by atoms with E-state index in [1.807, 2.05) is 0 Å². The first kappa shape index (κ1) is 14.5. The van der Waals surface area contributed by atoms with Crippen molar-refractivity contribution in [2.45, 2.75) is 32.6 Å². The van der Waals surface area contributed by atoms with Crippen molar-refractivity contribution in [1.82, 2.24) is 10.2 Å². The minimum absolute atomic E-state index is 0.100. The molecule has 0 radical (unpaired) electrons. The molecule has 0 aliphatic carbocycles. The van der Waals surface area contributed by atoms with E-state index in [-0.39, 0.29) is 5.97 Å². The number of piperidine rings is 1. The highest BCUT2D eigenvalue weighted by atomic mass is 16.5. The normalized spacial score (nSPS) is 18.2. The molecule has 0 bridgehead atoms. The SMILES string of the molecule is CCCNCC1CCN(CCC(=O)OC)CC1. The molecule has 0 aromatic heterocycles. The van der Waals surface area contributed by atoms with Crippen LogP contribution in [-0.2, 0) is 9.53 Å². The average Bonchev–Trinajstić information content (AvgIpc) is 2.37. The summed E-state index contributed by atoms with van der Waals surface area (Å²) in [5.41, 5.74) is 0. The lowest BCUT2D eigenvalue weighted by Crippen LogP contribution is -2.38. The molecule has 0 spiro atoms. The van der Waals surface area contributed by atoms with Crippen molar-refractivity contribution in [3.8, 4) is 0 Å². The zero-order valence-electron chi connectivity index (χ0n) is 11.2. The van der Waals surface area contributed by atoms with Gasteiger partial charge in [-0.1, -0.05) is 6.92 Å². The van der Waals surface area contributed by atoms with Crippen molar-refractivity contribution in [3.63, 3.8) is 0 Å². The summed E-state index contributed by atoms with van der Waals surface area (Å²) in [6.07, 6.45) is 4.23. The largest absolute Gasteiger partial charge is 0.469 e. The highest BCUT2D eigenvalue weighted by Crippen LogP contribution is 2.16. The predicted molar refractivity (Wildman–Crippen MR) is 69.0 cm³/mol. The van der Waals surface area contributed by atoms with E-state index in [0.29, 0.717) is 6.42 Å². The molecule has 4 heteroatoms. The molecule has 1 aliphatic heterocycles. The van der Waals surface area contributed by atoms with Crippen molar-refractivity contribution < 1.29 is 9.53 Å². The lowest BCUT2D eigenvalue weighted by molar-refractivity contribution is -0.141. The van der Waals surface area contributed by atoms with Gasteiger partial charge in [-0.2, -0.15) is 0 Å². The molecule has 1 fully saturated rings. The average molecular weight is 242 g/mol. The number of nitrogens with zero attached hydrogens (tertiary/aromatic N) is 1. The smallest absolute Gasteiger partial charge is 0.306 e. The molecule has 4 nitrogen and oxygen atoms in total. The van der Waals surface area contributed by atoms with Crippen LogP contribution in [-0.4, -0.2) is 50.7 Å². The number of esters is 1. The first-order chi connectivity index (χ1) is 8.26. The Kier molecular flexibility index (Phi) is 7.21.